The number of amides is 2. The summed E-state index contributed by atoms with van der Waals surface area (Å²) in [6.45, 7) is 20.4. The first-order chi connectivity index (χ1) is 68.6. The molecule has 10 aromatic carbocycles. The smallest absolute Gasteiger partial charge is 0.294 e. The molecule has 10 heterocycles. The van der Waals surface area contributed by atoms with Gasteiger partial charge in [-0.3, -0.25) is 22.5 Å². The zero-order valence-corrected chi connectivity index (χ0v) is 83.6. The lowest BCUT2D eigenvalue weighted by Crippen LogP contribution is -2.31. The summed E-state index contributed by atoms with van der Waals surface area (Å²) in [7, 11) is -5.15. The van der Waals surface area contributed by atoms with Gasteiger partial charge in [0.15, 0.2) is 0 Å². The zero-order chi connectivity index (χ0) is 101. The molecule has 0 radical (unpaired) electrons. The first-order valence-corrected chi connectivity index (χ1v) is 52.2. The number of carbonyl (C=O) groups excluding carboxylic acids is 2. The maximum atomic E-state index is 12.8. The molecular formula is C108H102N18O12S4. The number of methoxy groups -OCH3 is 3. The maximum absolute atomic E-state index is 12.8. The van der Waals surface area contributed by atoms with Gasteiger partial charge in [-0.2, -0.15) is 26.3 Å². The number of anilines is 5. The van der Waals surface area contributed by atoms with Gasteiger partial charge in [0.25, 0.3) is 11.8 Å². The summed E-state index contributed by atoms with van der Waals surface area (Å²) in [4.78, 5) is 24.9. The Bertz CT molecular complexity index is 8390. The van der Waals surface area contributed by atoms with Gasteiger partial charge in [-0.1, -0.05) is 114 Å². The molecule has 0 spiro atoms. The molecule has 0 aliphatic carbocycles. The molecule has 2 amide bonds. The lowest BCUT2D eigenvalue weighted by molar-refractivity contribution is 0.0986. The Labute approximate surface area is 827 Å². The fourth-order valence-corrected chi connectivity index (χ4v) is 23.4. The number of nitrogens with one attached hydrogen (secondary N) is 2. The predicted molar refractivity (Wildman–Crippen MR) is 557 cm³/mol. The van der Waals surface area contributed by atoms with Crippen molar-refractivity contribution in [3.63, 3.8) is 0 Å². The number of hydrogen-bond acceptors (Lipinski definition) is 21. The molecular weight excluding hydrogens is 1870 g/mol. The number of aromatic nitrogens is 8. The van der Waals surface area contributed by atoms with Crippen LogP contribution in [-0.2, 0) is 82.1 Å². The van der Waals surface area contributed by atoms with Gasteiger partial charge < -0.3 is 52.2 Å². The predicted octanol–water partition coefficient (Wildman–Crippen LogP) is 20.8. The second kappa shape index (κ2) is 41.8. The second-order valence-corrected chi connectivity index (χ2v) is 40.5. The van der Waals surface area contributed by atoms with Crippen molar-refractivity contribution in [1.82, 2.24) is 37.6 Å². The van der Waals surface area contributed by atoms with Crippen LogP contribution < -0.4 is 37.8 Å². The number of carbonyl (C=O) groups is 2. The lowest BCUT2D eigenvalue weighted by Gasteiger charge is -2.20. The minimum absolute atomic E-state index is 0.0646. The van der Waals surface area contributed by atoms with Crippen LogP contribution in [0.2, 0.25) is 0 Å². The Morgan fingerprint density at radius 2 is 0.746 bits per heavy atom. The van der Waals surface area contributed by atoms with E-state index >= 15 is 0 Å². The number of benzene rings is 10. The third-order valence-electron chi connectivity index (χ3n) is 25.8. The molecule has 0 bridgehead atoms. The average molecular weight is 1970 g/mol. The molecule has 17 aromatic rings. The molecule has 0 atom stereocenters. The highest BCUT2D eigenvalue weighted by Gasteiger charge is 2.35. The molecule has 0 fully saturated rings. The Balaban J connectivity index is 0.000000128. The fraction of sp³-hybridized carbons (Fsp3) is 0.241. The Kier molecular flexibility index (Phi) is 29.1. The van der Waals surface area contributed by atoms with Gasteiger partial charge in [0.2, 0.25) is 35.8 Å². The molecule has 0 saturated carbocycles. The normalized spacial score (nSPS) is 12.4. The van der Waals surface area contributed by atoms with Crippen molar-refractivity contribution in [1.29, 1.82) is 26.3 Å². The molecule has 3 aliphatic rings. The van der Waals surface area contributed by atoms with Crippen LogP contribution in [0, 0.1) is 63.6 Å². The van der Waals surface area contributed by atoms with Crippen molar-refractivity contribution in [2.45, 2.75) is 114 Å². The van der Waals surface area contributed by atoms with Crippen LogP contribution in [0.15, 0.2) is 223 Å². The third kappa shape index (κ3) is 18.8. The highest BCUT2D eigenvalue weighted by atomic mass is 32.2. The first kappa shape index (κ1) is 98.7. The van der Waals surface area contributed by atoms with Gasteiger partial charge in [-0.25, -0.2) is 25.3 Å². The van der Waals surface area contributed by atoms with Crippen molar-refractivity contribution in [3.05, 3.63) is 279 Å². The van der Waals surface area contributed by atoms with E-state index in [1.54, 1.807) is 35.2 Å². The molecule has 142 heavy (non-hydrogen) atoms. The van der Waals surface area contributed by atoms with E-state index in [2.05, 4.69) is 92.4 Å². The minimum atomic E-state index is -3.34. The number of rotatable bonds is 23. The monoisotopic (exact) mass is 1970 g/mol. The Hall–Kier alpha value is -16.3. The molecule has 0 saturated heterocycles. The van der Waals surface area contributed by atoms with E-state index in [1.165, 1.54) is 31.4 Å². The topological polar surface area (TPSA) is 393 Å². The van der Waals surface area contributed by atoms with Crippen LogP contribution in [-0.4, -0.2) is 133 Å². The third-order valence-corrected chi connectivity index (χ3v) is 31.5. The standard InChI is InChI=1S/C23H25N3O3S.C22H23N3O3S.C21H17N5OS.C21H16N4O2.C21H21N3O3S/c1-4-12-30(27,28)26-11-10-16-6-7-17(13-21(16)26)23-20(15-24)19-9-8-18(29-3)14-22(19)25(23)5-2;1-4-24-21-13-17(28-3)8-9-18(21)19(14-23)22(24)16-7-6-15-10-11-25(20(15)12-16)29(26,27)5-2;1-3-26-18-7-5-4-6-16(18)17(12-22)19(26)14-8-10-15(11-9-14)23-21(27)20-13(2)24-25-28-20;1-2-25-18-6-4-3-5-16(18)17(13-22)20(25)14-7-9-15(10-8-14)24-21(26)19-11-12-23-27-19;1-4-23-20-12-16(27-2)7-8-17(20)18(13-22)21(23)15-6-5-14-9-10-24(19(14)11-15)28(3,25)26/h6-9,13-14H,4-5,10-12H2,1-3H3;6-9,12-13H,4-5,10-11H2,1-3H3;4-11H,3H2,1-2H3,(H,23,27);3-12H,2H2,1H3,(H,24,26);5-8,11-12H,4,9-10H2,1-3H3. The van der Waals surface area contributed by atoms with Gasteiger partial charge >= 0.3 is 0 Å². The largest absolute Gasteiger partial charge is 0.497 e. The summed E-state index contributed by atoms with van der Waals surface area (Å²) >= 11 is 1.08. The van der Waals surface area contributed by atoms with Crippen LogP contribution >= 0.6 is 11.5 Å². The van der Waals surface area contributed by atoms with Crippen molar-refractivity contribution in [2.24, 2.45) is 0 Å². The molecule has 20 rings (SSSR count). The highest BCUT2D eigenvalue weighted by molar-refractivity contribution is 7.93. The lowest BCUT2D eigenvalue weighted by atomic mass is 10.0. The number of nitriles is 5. The number of aryl methyl sites for hydroxylation is 6. The number of hydrogen-bond donors (Lipinski definition) is 2. The van der Waals surface area contributed by atoms with Crippen molar-refractivity contribution in [2.75, 3.05) is 82.3 Å². The maximum Gasteiger partial charge on any atom is 0.294 e. The molecule has 3 aliphatic heterocycles. The van der Waals surface area contributed by atoms with Gasteiger partial charge in [0.1, 0.15) is 52.5 Å². The van der Waals surface area contributed by atoms with Gasteiger partial charge in [-0.05, 0) is 204 Å². The number of sulfonamides is 3. The number of para-hydroxylation sites is 2. The molecule has 30 nitrogen and oxygen atoms in total. The first-order valence-electron chi connectivity index (χ1n) is 46.4. The van der Waals surface area contributed by atoms with Crippen LogP contribution in [0.4, 0.5) is 28.4 Å². The molecule has 2 N–H and O–H groups in total. The minimum Gasteiger partial charge on any atom is -0.497 e. The summed E-state index contributed by atoms with van der Waals surface area (Å²) in [5.41, 5.74) is 23.7. The van der Waals surface area contributed by atoms with Crippen molar-refractivity contribution in [3.8, 4) is 104 Å². The van der Waals surface area contributed by atoms with Gasteiger partial charge in [-0.15, -0.1) is 5.10 Å². The molecule has 720 valence electrons. The van der Waals surface area contributed by atoms with Crippen LogP contribution in [0.3, 0.4) is 0 Å². The Morgan fingerprint density at radius 3 is 1.08 bits per heavy atom. The molecule has 34 heteroatoms. The SMILES string of the molecule is CCCS(=O)(=O)N1CCc2ccc(-c3c(C#N)c4ccc(OC)cc4n3CC)cc21.CCn1c(-c2ccc(NC(=O)c3ccno3)cc2)c(C#N)c2ccccc21.CCn1c(-c2ccc(NC(=O)c3snnc3C)cc2)c(C#N)c2ccccc21.CCn1c(-c2ccc3c(c2)N(S(=O)(=O)CC)CC3)c(C#N)c2ccc(OC)cc21.CCn1c(-c2ccc3c(c2)N(S(C)(=O)=O)CC3)c(C#N)c2ccc(OC)cc21. The van der Waals surface area contributed by atoms with E-state index in [-0.39, 0.29) is 29.1 Å². The van der Waals surface area contributed by atoms with E-state index < -0.39 is 30.1 Å². The second-order valence-electron chi connectivity index (χ2n) is 33.7. The van der Waals surface area contributed by atoms with E-state index in [0.717, 1.165) is 181 Å². The summed E-state index contributed by atoms with van der Waals surface area (Å²) in [6, 6.07) is 78.8. The van der Waals surface area contributed by atoms with E-state index in [4.69, 9.17) is 18.7 Å². The summed E-state index contributed by atoms with van der Waals surface area (Å²) < 4.78 is 115. The summed E-state index contributed by atoms with van der Waals surface area (Å²) in [6.07, 6.45) is 5.33. The Morgan fingerprint density at radius 1 is 0.408 bits per heavy atom. The van der Waals surface area contributed by atoms with Crippen LogP contribution in [0.25, 0.3) is 111 Å². The van der Waals surface area contributed by atoms with E-state index in [0.29, 0.717) is 120 Å². The number of nitrogens with zero attached hydrogens (tertiary/aromatic N) is 16. The zero-order valence-electron chi connectivity index (χ0n) is 80.4. The van der Waals surface area contributed by atoms with Crippen molar-refractivity contribution < 1.29 is 53.6 Å². The fourth-order valence-electron chi connectivity index (χ4n) is 19.2. The van der Waals surface area contributed by atoms with Gasteiger partial charge in [0, 0.05) is 143 Å². The highest BCUT2D eigenvalue weighted by Crippen LogP contribution is 2.46. The van der Waals surface area contributed by atoms with E-state index in [9.17, 15) is 61.2 Å². The summed E-state index contributed by atoms with van der Waals surface area (Å²) in [5, 5.41) is 66.8. The van der Waals surface area contributed by atoms with Crippen LogP contribution in [0.1, 0.15) is 125 Å². The van der Waals surface area contributed by atoms with Gasteiger partial charge in [0.05, 0.1) is 141 Å². The average Bonchev–Trinajstić information content (AvgIpc) is 1.58. The quantitative estimate of drug-likeness (QED) is 0.0600. The summed E-state index contributed by atoms with van der Waals surface area (Å²) in [5.74, 6) is 1.96. The number of fused-ring (bicyclic) bond motifs is 8. The van der Waals surface area contributed by atoms with Crippen molar-refractivity contribution >= 4 is 136 Å². The molecule has 0 unspecified atom stereocenters. The molecule has 7 aromatic heterocycles. The van der Waals surface area contributed by atoms with E-state index in [1.807, 2.05) is 234 Å². The number of ether oxygens (including phenoxy) is 3. The van der Waals surface area contributed by atoms with Crippen LogP contribution in [0.5, 0.6) is 17.2 Å².